The van der Waals surface area contributed by atoms with Crippen LogP contribution in [0.3, 0.4) is 0 Å². The van der Waals surface area contributed by atoms with Gasteiger partial charge in [0.2, 0.25) is 0 Å². The Morgan fingerprint density at radius 1 is 0.429 bits per heavy atom. The lowest BCUT2D eigenvalue weighted by Gasteiger charge is -2.42. The number of nitrogens with zero attached hydrogens (tertiary/aromatic N) is 2. The molecule has 0 N–H and O–H groups in total. The van der Waals surface area contributed by atoms with Gasteiger partial charge in [0, 0.05) is 27.8 Å². The topological polar surface area (TPSA) is 8.17 Å². The van der Waals surface area contributed by atoms with E-state index in [9.17, 15) is 0 Å². The highest BCUT2D eigenvalue weighted by molar-refractivity contribution is 6.16. The van der Waals surface area contributed by atoms with Crippen LogP contribution in [0.1, 0.15) is 18.9 Å². The van der Waals surface area contributed by atoms with Crippen molar-refractivity contribution in [2.75, 3.05) is 4.90 Å². The minimum Gasteiger partial charge on any atom is -0.332 e. The van der Waals surface area contributed by atoms with Gasteiger partial charge in [-0.3, -0.25) is 0 Å². The van der Waals surface area contributed by atoms with Crippen LogP contribution in [-0.4, -0.2) is 10.1 Å². The highest BCUT2D eigenvalue weighted by atomic mass is 15.2. The van der Waals surface area contributed by atoms with Crippen LogP contribution in [0.15, 0.2) is 237 Å². The zero-order valence-electron chi connectivity index (χ0n) is 35.1. The third-order valence-electron chi connectivity index (χ3n) is 13.3. The van der Waals surface area contributed by atoms with Crippen LogP contribution < -0.4 is 4.90 Å². The molecule has 12 rings (SSSR count). The summed E-state index contributed by atoms with van der Waals surface area (Å²) >= 11 is 0. The van der Waals surface area contributed by atoms with Gasteiger partial charge in [-0.25, -0.2) is 0 Å². The van der Waals surface area contributed by atoms with E-state index in [1.165, 1.54) is 87.5 Å². The van der Waals surface area contributed by atoms with Crippen LogP contribution in [-0.2, 0) is 0 Å². The lowest BCUT2D eigenvalue weighted by molar-refractivity contribution is 0.571. The van der Waals surface area contributed by atoms with Crippen LogP contribution in [0.5, 0.6) is 0 Å². The van der Waals surface area contributed by atoms with E-state index < -0.39 is 0 Å². The van der Waals surface area contributed by atoms with Gasteiger partial charge in [-0.15, -0.1) is 0 Å². The Hall–Kier alpha value is -7.94. The Balaban J connectivity index is 0.965. The molecule has 0 fully saturated rings. The molecule has 1 atom stereocenters. The third-order valence-corrected chi connectivity index (χ3v) is 13.3. The second-order valence-corrected chi connectivity index (χ2v) is 17.2. The molecular weight excluding hydrogens is 761 g/mol. The average molecular weight is 805 g/mol. The van der Waals surface area contributed by atoms with Gasteiger partial charge in [0.05, 0.1) is 16.6 Å². The van der Waals surface area contributed by atoms with Crippen LogP contribution >= 0.6 is 0 Å². The van der Waals surface area contributed by atoms with Gasteiger partial charge in [0.25, 0.3) is 0 Å². The van der Waals surface area contributed by atoms with E-state index in [1.54, 1.807) is 0 Å². The molecule has 10 aromatic carbocycles. The summed E-state index contributed by atoms with van der Waals surface area (Å²) in [6.07, 6.45) is 8.03. The number of allylic oxidation sites excluding steroid dienone is 2. The minimum absolute atomic E-state index is 0.346. The highest BCUT2D eigenvalue weighted by Crippen LogP contribution is 2.44. The fraction of sp³-hybridized carbons (Fsp3) is 0.0492. The van der Waals surface area contributed by atoms with Crippen LogP contribution in [0, 0.1) is 0 Å². The van der Waals surface area contributed by atoms with Gasteiger partial charge in [0.15, 0.2) is 0 Å². The molecular formula is C61H44N2. The summed E-state index contributed by atoms with van der Waals surface area (Å²) in [5.74, 6) is 0. The van der Waals surface area contributed by atoms with Gasteiger partial charge in [0.1, 0.15) is 0 Å². The van der Waals surface area contributed by atoms with Crippen molar-refractivity contribution >= 4 is 71.1 Å². The molecule has 0 saturated heterocycles. The summed E-state index contributed by atoms with van der Waals surface area (Å²) < 4.78 is 2.43. The molecule has 0 saturated carbocycles. The SMILES string of the molecule is CC1(N(c2ccc(-c3ccccc3)cc2)c2cccc(-c3cccc4c3c3ccccc3n4-c3ccc4ccccc4c3)c2)C=CC(c2ccc3c(ccc4ccccc43)c2)=CC1. The fourth-order valence-electron chi connectivity index (χ4n) is 10.1. The molecule has 0 spiro atoms. The predicted molar refractivity (Wildman–Crippen MR) is 269 cm³/mol. The summed E-state index contributed by atoms with van der Waals surface area (Å²) in [5, 5.41) is 10.1. The predicted octanol–water partition coefficient (Wildman–Crippen LogP) is 16.5. The average Bonchev–Trinajstić information content (AvgIpc) is 3.69. The van der Waals surface area contributed by atoms with E-state index in [0.29, 0.717) is 0 Å². The Morgan fingerprint density at radius 3 is 1.92 bits per heavy atom. The molecule has 0 radical (unpaired) electrons. The number of rotatable bonds is 7. The van der Waals surface area contributed by atoms with E-state index in [-0.39, 0.29) is 5.54 Å². The van der Waals surface area contributed by atoms with E-state index in [4.69, 9.17) is 0 Å². The first-order chi connectivity index (χ1) is 31.1. The molecule has 0 amide bonds. The van der Waals surface area contributed by atoms with E-state index in [1.807, 2.05) is 0 Å². The Labute approximate surface area is 367 Å². The monoisotopic (exact) mass is 804 g/mol. The molecule has 63 heavy (non-hydrogen) atoms. The second-order valence-electron chi connectivity index (χ2n) is 17.2. The summed E-state index contributed by atoms with van der Waals surface area (Å²) in [7, 11) is 0. The van der Waals surface area contributed by atoms with Crippen LogP contribution in [0.2, 0.25) is 0 Å². The second kappa shape index (κ2) is 14.9. The largest absolute Gasteiger partial charge is 0.332 e. The zero-order chi connectivity index (χ0) is 41.9. The van der Waals surface area contributed by atoms with Crippen LogP contribution in [0.4, 0.5) is 11.4 Å². The van der Waals surface area contributed by atoms with Crippen molar-refractivity contribution in [2.24, 2.45) is 0 Å². The lowest BCUT2D eigenvalue weighted by Crippen LogP contribution is -2.42. The molecule has 0 aliphatic heterocycles. The highest BCUT2D eigenvalue weighted by Gasteiger charge is 2.33. The van der Waals surface area contributed by atoms with Gasteiger partial charge >= 0.3 is 0 Å². The molecule has 2 heteroatoms. The summed E-state index contributed by atoms with van der Waals surface area (Å²) in [6, 6.07) is 80.1. The molecule has 1 aliphatic carbocycles. The third kappa shape index (κ3) is 6.34. The summed E-state index contributed by atoms with van der Waals surface area (Å²) in [5.41, 5.74) is 12.9. The van der Waals surface area contributed by atoms with E-state index >= 15 is 0 Å². The minimum atomic E-state index is -0.346. The Bertz CT molecular complexity index is 3610. The maximum atomic E-state index is 2.54. The van der Waals surface area contributed by atoms with Gasteiger partial charge in [-0.2, -0.15) is 0 Å². The van der Waals surface area contributed by atoms with E-state index in [2.05, 4.69) is 253 Å². The maximum Gasteiger partial charge on any atom is 0.0643 e. The zero-order valence-corrected chi connectivity index (χ0v) is 35.1. The molecule has 1 aromatic heterocycles. The number of benzene rings is 10. The number of hydrogen-bond acceptors (Lipinski definition) is 1. The first-order valence-corrected chi connectivity index (χ1v) is 22.0. The lowest BCUT2D eigenvalue weighted by atomic mass is 9.85. The van der Waals surface area contributed by atoms with Crippen molar-refractivity contribution in [1.82, 2.24) is 4.57 Å². The molecule has 11 aromatic rings. The van der Waals surface area contributed by atoms with Crippen LogP contribution in [0.25, 0.3) is 87.6 Å². The van der Waals surface area contributed by atoms with Crippen molar-refractivity contribution in [1.29, 1.82) is 0 Å². The van der Waals surface area contributed by atoms with Gasteiger partial charge < -0.3 is 9.47 Å². The number of para-hydroxylation sites is 1. The molecule has 1 unspecified atom stereocenters. The number of anilines is 2. The van der Waals surface area contributed by atoms with Gasteiger partial charge in [-0.1, -0.05) is 182 Å². The molecule has 298 valence electrons. The summed E-state index contributed by atoms with van der Waals surface area (Å²) in [4.78, 5) is 2.54. The maximum absolute atomic E-state index is 2.54. The first-order valence-electron chi connectivity index (χ1n) is 22.0. The molecule has 1 heterocycles. The van der Waals surface area contributed by atoms with Crippen molar-refractivity contribution in [3.05, 3.63) is 242 Å². The Morgan fingerprint density at radius 2 is 1.08 bits per heavy atom. The molecule has 2 nitrogen and oxygen atoms in total. The number of aromatic nitrogens is 1. The quantitative estimate of drug-likeness (QED) is 0.146. The molecule has 0 bridgehead atoms. The fourth-order valence-corrected chi connectivity index (χ4v) is 10.1. The van der Waals surface area contributed by atoms with Gasteiger partial charge in [-0.05, 0) is 134 Å². The normalized spacial score (nSPS) is 15.1. The first kappa shape index (κ1) is 36.9. The Kier molecular flexibility index (Phi) is 8.72. The van der Waals surface area contributed by atoms with Crippen molar-refractivity contribution < 1.29 is 0 Å². The molecule has 1 aliphatic rings. The van der Waals surface area contributed by atoms with Crippen molar-refractivity contribution in [2.45, 2.75) is 18.9 Å². The van der Waals surface area contributed by atoms with Crippen molar-refractivity contribution in [3.8, 4) is 27.9 Å². The number of hydrogen-bond donors (Lipinski definition) is 0. The van der Waals surface area contributed by atoms with Crippen molar-refractivity contribution in [3.63, 3.8) is 0 Å². The number of fused-ring (bicyclic) bond motifs is 7. The summed E-state index contributed by atoms with van der Waals surface area (Å²) in [6.45, 7) is 2.37. The smallest absolute Gasteiger partial charge is 0.0643 e. The van der Waals surface area contributed by atoms with E-state index in [0.717, 1.165) is 23.5 Å². The standard InChI is InChI=1S/C61H44N2/c1-61(37-35-45(36-38-61)48-30-34-55-50(39-48)26-25-46-16-7-8-20-54(46)55)63(51-31-27-44(28-32-51)42-13-3-2-4-14-42)53-19-11-18-49(41-53)56-22-12-24-59-60(56)57-21-9-10-23-58(57)62(59)52-33-29-43-15-5-6-17-47(43)40-52/h2-37,39-41H,38H2,1H3.